The van der Waals surface area contributed by atoms with E-state index < -0.39 is 23.0 Å². The van der Waals surface area contributed by atoms with Crippen LogP contribution in [-0.2, 0) is 30.2 Å². The van der Waals surface area contributed by atoms with Crippen molar-refractivity contribution in [1.82, 2.24) is 50.1 Å². The van der Waals surface area contributed by atoms with E-state index >= 15 is 0 Å². The van der Waals surface area contributed by atoms with Gasteiger partial charge in [-0.15, -0.1) is 0 Å². The third-order valence-corrected chi connectivity index (χ3v) is 11.8. The summed E-state index contributed by atoms with van der Waals surface area (Å²) >= 11 is 0. The molecule has 0 spiro atoms. The highest BCUT2D eigenvalue weighted by atomic mass is 19.1. The quantitative estimate of drug-likeness (QED) is 0.0943. The van der Waals surface area contributed by atoms with E-state index in [9.17, 15) is 32.8 Å². The van der Waals surface area contributed by atoms with Crippen molar-refractivity contribution in [2.75, 3.05) is 24.3 Å². The molecule has 0 aliphatic heterocycles. The number of anilines is 2. The van der Waals surface area contributed by atoms with Crippen molar-refractivity contribution in [3.05, 3.63) is 156 Å². The molecule has 2 aliphatic rings. The average Bonchev–Trinajstić information content (AvgIpc) is 4.23. The molecule has 0 saturated heterocycles. The van der Waals surface area contributed by atoms with Gasteiger partial charge < -0.3 is 25.6 Å². The van der Waals surface area contributed by atoms with Crippen molar-refractivity contribution < 1.29 is 37.5 Å². The van der Waals surface area contributed by atoms with Gasteiger partial charge in [0.25, 0.3) is 11.8 Å². The van der Waals surface area contributed by atoms with E-state index in [1.54, 1.807) is 90.1 Å². The van der Waals surface area contributed by atoms with Gasteiger partial charge in [0.1, 0.15) is 23.3 Å². The minimum Gasteiger partial charge on any atom is -0.394 e. The summed E-state index contributed by atoms with van der Waals surface area (Å²) in [5.74, 6) is -1.01. The molecule has 8 aromatic rings. The highest BCUT2D eigenvalue weighted by Crippen LogP contribution is 2.47. The third kappa shape index (κ3) is 10.3. The molecule has 0 unspecified atom stereocenters. The van der Waals surface area contributed by atoms with Gasteiger partial charge in [-0.3, -0.25) is 33.9 Å². The van der Waals surface area contributed by atoms with Crippen molar-refractivity contribution in [1.29, 1.82) is 0 Å². The Hall–Kier alpha value is -8.81. The zero-order chi connectivity index (χ0) is 49.7. The van der Waals surface area contributed by atoms with Gasteiger partial charge in [0, 0.05) is 70.4 Å². The van der Waals surface area contributed by atoms with Crippen LogP contribution in [-0.4, -0.2) is 83.3 Å². The number of halogens is 2. The Balaban J connectivity index is 0.000000166. The van der Waals surface area contributed by atoms with Crippen LogP contribution in [0, 0.1) is 11.6 Å². The van der Waals surface area contributed by atoms with E-state index in [2.05, 4.69) is 50.8 Å². The topological polar surface area (TPSA) is 221 Å². The van der Waals surface area contributed by atoms with Gasteiger partial charge >= 0.3 is 11.9 Å². The number of hydrogen-bond donors (Lipinski definition) is 3. The largest absolute Gasteiger partial charge is 0.394 e. The number of ether oxygens (including phenoxy) is 1. The molecule has 2 saturated carbocycles. The van der Waals surface area contributed by atoms with Gasteiger partial charge in [0.15, 0.2) is 0 Å². The summed E-state index contributed by atoms with van der Waals surface area (Å²) in [5.41, 5.74) is 4.54. The average molecular weight is 949 g/mol. The molecule has 356 valence electrons. The first-order chi connectivity index (χ1) is 33.6. The predicted molar refractivity (Wildman–Crippen MR) is 254 cm³/mol. The van der Waals surface area contributed by atoms with Crippen LogP contribution >= 0.6 is 0 Å². The normalized spacial score (nSPS) is 13.6. The lowest BCUT2D eigenvalue weighted by atomic mass is 10.1. The number of rotatable bonds is 10. The van der Waals surface area contributed by atoms with E-state index in [-0.39, 0.29) is 29.4 Å². The SMILES string of the molecule is CC(=O)N(C)c1ccc(C2(NC(=O)c3cncc4c3cnn4-c3ccc(F)cc3)CC2)cn1.CC(=O)OC(C)=O.CNc1ccc(C2(NC(=O)c3cncc4c3cnn4-c3ccc(F)cc3)CC2)cn1. The molecule has 18 nitrogen and oxygen atoms in total. The van der Waals surface area contributed by atoms with Crippen molar-refractivity contribution in [2.24, 2.45) is 0 Å². The standard InChI is InChI=1S/C24H21FN6O2.C22H19FN6O.C4H6O3/c1-15(32)30(2)22-8-3-16(11-27-22)24(9-10-24)29-23(33)20-12-26-14-21-19(20)13-28-31(21)18-6-4-17(25)5-7-18;1-24-20-7-2-14(10-26-20)22(8-9-22)28-21(30)18-11-25-13-19-17(18)12-27-29(19)16-5-3-15(23)4-6-16;1-3(5)7-4(2)6/h3-8,11-14H,9-10H2,1-2H3,(H,29,33);2-7,10-13H,8-9H2,1H3,(H,24,26)(H,28,30);1-2H3. The molecule has 0 atom stereocenters. The number of aromatic nitrogens is 8. The van der Waals surface area contributed by atoms with E-state index in [4.69, 9.17) is 0 Å². The summed E-state index contributed by atoms with van der Waals surface area (Å²) < 4.78 is 33.8. The minimum absolute atomic E-state index is 0.105. The van der Waals surface area contributed by atoms with Crippen LogP contribution in [0.3, 0.4) is 0 Å². The molecular formula is C50H46F2N12O6. The second-order valence-corrected chi connectivity index (χ2v) is 16.6. The predicted octanol–water partition coefficient (Wildman–Crippen LogP) is 6.87. The van der Waals surface area contributed by atoms with Gasteiger partial charge in [-0.05, 0) is 97.5 Å². The van der Waals surface area contributed by atoms with Gasteiger partial charge in [-0.25, -0.2) is 28.1 Å². The maximum absolute atomic E-state index is 13.3. The maximum atomic E-state index is 13.3. The molecule has 6 heterocycles. The Labute approximate surface area is 399 Å². The van der Waals surface area contributed by atoms with Crippen LogP contribution in [0.25, 0.3) is 33.2 Å². The number of carbonyl (C=O) groups excluding carboxylic acids is 5. The van der Waals surface area contributed by atoms with E-state index in [0.717, 1.165) is 42.6 Å². The molecule has 3 N–H and O–H groups in total. The van der Waals surface area contributed by atoms with E-state index in [0.29, 0.717) is 50.1 Å². The number of carbonyl (C=O) groups is 5. The molecule has 0 bridgehead atoms. The van der Waals surface area contributed by atoms with Crippen LogP contribution in [0.5, 0.6) is 0 Å². The van der Waals surface area contributed by atoms with Crippen LogP contribution in [0.4, 0.5) is 20.4 Å². The number of nitrogens with one attached hydrogen (secondary N) is 3. The summed E-state index contributed by atoms with van der Waals surface area (Å²) in [4.78, 5) is 76.2. The molecule has 70 heavy (non-hydrogen) atoms. The van der Waals surface area contributed by atoms with Crippen molar-refractivity contribution in [3.8, 4) is 11.4 Å². The fraction of sp³-hybridized carbons (Fsp3) is 0.220. The fourth-order valence-electron chi connectivity index (χ4n) is 7.67. The molecular weight excluding hydrogens is 903 g/mol. The monoisotopic (exact) mass is 948 g/mol. The molecule has 20 heteroatoms. The van der Waals surface area contributed by atoms with Gasteiger partial charge in [-0.1, -0.05) is 12.1 Å². The van der Waals surface area contributed by atoms with Crippen molar-refractivity contribution in [3.63, 3.8) is 0 Å². The first-order valence-electron chi connectivity index (χ1n) is 21.9. The number of fused-ring (bicyclic) bond motifs is 2. The molecule has 0 radical (unpaired) electrons. The number of pyridine rings is 4. The van der Waals surface area contributed by atoms with Crippen LogP contribution in [0.15, 0.2) is 122 Å². The van der Waals surface area contributed by atoms with Gasteiger partial charge in [-0.2, -0.15) is 10.2 Å². The van der Waals surface area contributed by atoms with Crippen LogP contribution in [0.2, 0.25) is 0 Å². The Morgan fingerprint density at radius 2 is 1.03 bits per heavy atom. The zero-order valence-corrected chi connectivity index (χ0v) is 38.6. The Kier molecular flexibility index (Phi) is 13.5. The number of nitrogens with zero attached hydrogens (tertiary/aromatic N) is 9. The van der Waals surface area contributed by atoms with Crippen LogP contribution in [0.1, 0.15) is 78.3 Å². The third-order valence-electron chi connectivity index (χ3n) is 11.8. The molecule has 6 aromatic heterocycles. The summed E-state index contributed by atoms with van der Waals surface area (Å²) in [7, 11) is 3.48. The second-order valence-electron chi connectivity index (χ2n) is 16.6. The van der Waals surface area contributed by atoms with Gasteiger partial charge in [0.2, 0.25) is 5.91 Å². The second kappa shape index (κ2) is 19.8. The minimum atomic E-state index is -0.562. The van der Waals surface area contributed by atoms with Crippen LogP contribution < -0.4 is 20.9 Å². The summed E-state index contributed by atoms with van der Waals surface area (Å²) in [6.07, 6.45) is 16.4. The Bertz CT molecular complexity index is 3230. The molecule has 2 fully saturated rings. The number of benzene rings is 2. The lowest BCUT2D eigenvalue weighted by Gasteiger charge is -2.19. The van der Waals surface area contributed by atoms with Crippen molar-refractivity contribution in [2.45, 2.75) is 57.5 Å². The maximum Gasteiger partial charge on any atom is 0.310 e. The van der Waals surface area contributed by atoms with E-state index in [1.165, 1.54) is 56.1 Å². The fourth-order valence-corrected chi connectivity index (χ4v) is 7.67. The van der Waals surface area contributed by atoms with Crippen molar-refractivity contribution >= 4 is 63.1 Å². The highest BCUT2D eigenvalue weighted by molar-refractivity contribution is 6.07. The molecule has 2 aromatic carbocycles. The zero-order valence-electron chi connectivity index (χ0n) is 38.6. The number of amides is 3. The number of hydrogen-bond acceptors (Lipinski definition) is 13. The summed E-state index contributed by atoms with van der Waals surface area (Å²) in [5, 5.41) is 19.4. The molecule has 3 amide bonds. The Morgan fingerprint density at radius 1 is 0.586 bits per heavy atom. The lowest BCUT2D eigenvalue weighted by Crippen LogP contribution is -2.35. The molecule has 10 rings (SSSR count). The Morgan fingerprint density at radius 3 is 1.37 bits per heavy atom. The number of esters is 2. The smallest absolute Gasteiger partial charge is 0.310 e. The lowest BCUT2D eigenvalue weighted by molar-refractivity contribution is -0.156. The summed E-state index contributed by atoms with van der Waals surface area (Å²) in [6, 6.07) is 19.5. The first-order valence-corrected chi connectivity index (χ1v) is 21.9. The van der Waals surface area contributed by atoms with E-state index in [1.807, 2.05) is 25.2 Å². The highest BCUT2D eigenvalue weighted by Gasteiger charge is 2.47. The summed E-state index contributed by atoms with van der Waals surface area (Å²) in [6.45, 7) is 3.84. The molecule has 2 aliphatic carbocycles. The van der Waals surface area contributed by atoms with Gasteiger partial charge in [0.05, 0.1) is 69.4 Å². The first kappa shape index (κ1) is 47.7.